The first kappa shape index (κ1) is 23.3. The zero-order valence-corrected chi connectivity index (χ0v) is 16.3. The third kappa shape index (κ3) is 8.79. The number of rotatable bonds is 10. The second kappa shape index (κ2) is 10.6. The second-order valence-electron chi connectivity index (χ2n) is 7.46. The molecule has 0 saturated carbocycles. The topological polar surface area (TPSA) is 126 Å². The van der Waals surface area contributed by atoms with Crippen LogP contribution in [0.1, 0.15) is 44.9 Å². The summed E-state index contributed by atoms with van der Waals surface area (Å²) in [5.74, 6) is -3.62. The van der Waals surface area contributed by atoms with Gasteiger partial charge in [0.2, 0.25) is 0 Å². The van der Waals surface area contributed by atoms with Crippen LogP contribution in [0.2, 0.25) is 0 Å². The lowest BCUT2D eigenvalue weighted by Gasteiger charge is -2.23. The molecule has 0 spiro atoms. The smallest absolute Gasteiger partial charge is 0.408 e. The number of halogens is 1. The van der Waals surface area contributed by atoms with Gasteiger partial charge in [0.1, 0.15) is 11.6 Å². The summed E-state index contributed by atoms with van der Waals surface area (Å²) in [5.41, 5.74) is 0.494. The summed E-state index contributed by atoms with van der Waals surface area (Å²) in [6, 6.07) is 1.96. The standard InChI is InChI=1S/C19H27FN2O6/c1-19(2,3)28-18(27)22-15(17(25)26)10-13(16(23)24)9-14-7-6-12(11-21-14)5-4-8-20/h6-7,11,13,15H,4-5,8-10H2,1-3H3,(H,22,27)(H,23,24)(H,25,26)/t13-,15+/m0/s1. The monoisotopic (exact) mass is 398 g/mol. The van der Waals surface area contributed by atoms with Crippen LogP contribution in [0, 0.1) is 5.92 Å². The van der Waals surface area contributed by atoms with Gasteiger partial charge in [0.25, 0.3) is 0 Å². The maximum atomic E-state index is 12.2. The number of nitrogens with one attached hydrogen (secondary N) is 1. The van der Waals surface area contributed by atoms with E-state index in [9.17, 15) is 29.0 Å². The summed E-state index contributed by atoms with van der Waals surface area (Å²) in [4.78, 5) is 39.0. The highest BCUT2D eigenvalue weighted by atomic mass is 19.1. The summed E-state index contributed by atoms with van der Waals surface area (Å²) in [6.07, 6.45) is 1.22. The van der Waals surface area contributed by atoms with Crippen molar-refractivity contribution in [2.24, 2.45) is 5.92 Å². The number of ether oxygens (including phenoxy) is 1. The van der Waals surface area contributed by atoms with Crippen molar-refractivity contribution >= 4 is 18.0 Å². The molecule has 8 nitrogen and oxygen atoms in total. The number of carbonyl (C=O) groups is 3. The van der Waals surface area contributed by atoms with Crippen molar-refractivity contribution in [1.82, 2.24) is 10.3 Å². The Balaban J connectivity index is 2.78. The van der Waals surface area contributed by atoms with Crippen molar-refractivity contribution in [3.05, 3.63) is 29.6 Å². The Bertz CT molecular complexity index is 672. The number of aryl methyl sites for hydroxylation is 1. The number of amides is 1. The molecule has 1 amide bonds. The van der Waals surface area contributed by atoms with Crippen molar-refractivity contribution in [1.29, 1.82) is 0 Å². The van der Waals surface area contributed by atoms with Crippen LogP contribution in [0.4, 0.5) is 9.18 Å². The van der Waals surface area contributed by atoms with Gasteiger partial charge < -0.3 is 20.3 Å². The van der Waals surface area contributed by atoms with Crippen LogP contribution in [0.25, 0.3) is 0 Å². The van der Waals surface area contributed by atoms with Crippen molar-refractivity contribution in [2.75, 3.05) is 6.67 Å². The van der Waals surface area contributed by atoms with Crippen molar-refractivity contribution < 1.29 is 33.7 Å². The van der Waals surface area contributed by atoms with Gasteiger partial charge >= 0.3 is 18.0 Å². The SMILES string of the molecule is CC(C)(C)OC(=O)N[C@H](C[C@H](Cc1ccc(CCCF)cn1)C(=O)O)C(=O)O. The highest BCUT2D eigenvalue weighted by Crippen LogP contribution is 2.16. The maximum Gasteiger partial charge on any atom is 0.408 e. The lowest BCUT2D eigenvalue weighted by Crippen LogP contribution is -2.45. The van der Waals surface area contributed by atoms with E-state index in [1.165, 1.54) is 0 Å². The van der Waals surface area contributed by atoms with E-state index in [0.29, 0.717) is 18.5 Å². The highest BCUT2D eigenvalue weighted by molar-refractivity contribution is 5.81. The van der Waals surface area contributed by atoms with Crippen LogP contribution < -0.4 is 5.32 Å². The Labute approximate surface area is 163 Å². The minimum atomic E-state index is -1.42. The Morgan fingerprint density at radius 2 is 1.89 bits per heavy atom. The van der Waals surface area contributed by atoms with Gasteiger partial charge in [0.05, 0.1) is 12.6 Å². The lowest BCUT2D eigenvalue weighted by atomic mass is 9.94. The predicted octanol–water partition coefficient (Wildman–Crippen LogP) is 2.60. The number of hydrogen-bond acceptors (Lipinski definition) is 5. The number of alkyl carbamates (subject to hydrolysis) is 1. The molecule has 0 radical (unpaired) electrons. The molecule has 1 aromatic rings. The van der Waals surface area contributed by atoms with Gasteiger partial charge in [0, 0.05) is 18.3 Å². The molecule has 0 saturated heterocycles. The van der Waals surface area contributed by atoms with E-state index in [2.05, 4.69) is 10.3 Å². The average molecular weight is 398 g/mol. The van der Waals surface area contributed by atoms with Crippen molar-refractivity contribution in [3.63, 3.8) is 0 Å². The molecule has 0 aliphatic heterocycles. The number of aromatic nitrogens is 1. The molecule has 0 fully saturated rings. The number of alkyl halides is 1. The molecule has 1 rings (SSSR count). The number of hydrogen-bond donors (Lipinski definition) is 3. The van der Waals surface area contributed by atoms with E-state index < -0.39 is 42.3 Å². The number of aliphatic carboxylic acids is 2. The molecular weight excluding hydrogens is 371 g/mol. The maximum absolute atomic E-state index is 12.2. The molecule has 156 valence electrons. The van der Waals surface area contributed by atoms with Crippen molar-refractivity contribution in [3.8, 4) is 0 Å². The van der Waals surface area contributed by atoms with Gasteiger partial charge in [-0.1, -0.05) is 6.07 Å². The molecule has 28 heavy (non-hydrogen) atoms. The number of carboxylic acids is 2. The van der Waals surface area contributed by atoms with Crippen molar-refractivity contribution in [2.45, 2.75) is 58.1 Å². The number of carbonyl (C=O) groups excluding carboxylic acids is 1. The number of pyridine rings is 1. The van der Waals surface area contributed by atoms with E-state index in [1.807, 2.05) is 0 Å². The number of carboxylic acid groups (broad SMARTS) is 2. The molecular formula is C19H27FN2O6. The molecule has 1 heterocycles. The molecule has 1 aromatic heterocycles. The van der Waals surface area contributed by atoms with Gasteiger partial charge in [-0.05, 0) is 51.7 Å². The first-order valence-electron chi connectivity index (χ1n) is 8.96. The summed E-state index contributed by atoms with van der Waals surface area (Å²) >= 11 is 0. The van der Waals surface area contributed by atoms with E-state index in [-0.39, 0.29) is 12.8 Å². The molecule has 9 heteroatoms. The zero-order valence-electron chi connectivity index (χ0n) is 16.3. The summed E-state index contributed by atoms with van der Waals surface area (Å²) < 4.78 is 17.2. The van der Waals surface area contributed by atoms with Crippen LogP contribution in [0.5, 0.6) is 0 Å². The fourth-order valence-corrected chi connectivity index (χ4v) is 2.47. The van der Waals surface area contributed by atoms with E-state index >= 15 is 0 Å². The highest BCUT2D eigenvalue weighted by Gasteiger charge is 2.30. The minimum absolute atomic E-state index is 0.00149. The van der Waals surface area contributed by atoms with Gasteiger partial charge in [-0.3, -0.25) is 14.2 Å². The summed E-state index contributed by atoms with van der Waals surface area (Å²) in [7, 11) is 0. The Kier molecular flexibility index (Phi) is 8.81. The van der Waals surface area contributed by atoms with Crippen LogP contribution in [0.15, 0.2) is 18.3 Å². The van der Waals surface area contributed by atoms with Crippen LogP contribution in [0.3, 0.4) is 0 Å². The largest absolute Gasteiger partial charge is 0.481 e. The molecule has 0 aliphatic rings. The summed E-state index contributed by atoms with van der Waals surface area (Å²) in [6.45, 7) is 4.46. The second-order valence-corrected chi connectivity index (χ2v) is 7.46. The van der Waals surface area contributed by atoms with Crippen LogP contribution in [-0.2, 0) is 27.2 Å². The third-order valence-electron chi connectivity index (χ3n) is 3.80. The Morgan fingerprint density at radius 1 is 1.21 bits per heavy atom. The molecule has 2 atom stereocenters. The molecule has 0 bridgehead atoms. The zero-order chi connectivity index (χ0) is 21.3. The van der Waals surface area contributed by atoms with Crippen LogP contribution in [-0.4, -0.2) is 51.5 Å². The fraction of sp³-hybridized carbons (Fsp3) is 0.579. The average Bonchev–Trinajstić information content (AvgIpc) is 2.57. The number of nitrogens with zero attached hydrogens (tertiary/aromatic N) is 1. The van der Waals surface area contributed by atoms with E-state index in [0.717, 1.165) is 5.56 Å². The van der Waals surface area contributed by atoms with Crippen LogP contribution >= 0.6 is 0 Å². The predicted molar refractivity (Wildman–Crippen MR) is 98.8 cm³/mol. The third-order valence-corrected chi connectivity index (χ3v) is 3.80. The minimum Gasteiger partial charge on any atom is -0.481 e. The van der Waals surface area contributed by atoms with Gasteiger partial charge in [-0.25, -0.2) is 9.59 Å². The van der Waals surface area contributed by atoms with Gasteiger partial charge in [-0.15, -0.1) is 0 Å². The van der Waals surface area contributed by atoms with E-state index in [1.54, 1.807) is 39.1 Å². The first-order chi connectivity index (χ1) is 13.0. The van der Waals surface area contributed by atoms with Gasteiger partial charge in [0.15, 0.2) is 0 Å². The normalized spacial score (nSPS) is 13.4. The lowest BCUT2D eigenvalue weighted by molar-refractivity contribution is -0.144. The van der Waals surface area contributed by atoms with Gasteiger partial charge in [-0.2, -0.15) is 0 Å². The van der Waals surface area contributed by atoms with E-state index in [4.69, 9.17) is 4.74 Å². The molecule has 3 N–H and O–H groups in total. The molecule has 0 unspecified atom stereocenters. The molecule has 0 aromatic carbocycles. The Morgan fingerprint density at radius 3 is 2.36 bits per heavy atom. The Hall–Kier alpha value is -2.71. The fourth-order valence-electron chi connectivity index (χ4n) is 2.47. The molecule has 0 aliphatic carbocycles. The first-order valence-corrected chi connectivity index (χ1v) is 8.96. The summed E-state index contributed by atoms with van der Waals surface area (Å²) in [5, 5.41) is 21.0. The quantitative estimate of drug-likeness (QED) is 0.553.